The Hall–Kier alpha value is -2.47. The highest BCUT2D eigenvalue weighted by atomic mass is 35.5. The maximum atomic E-state index is 13.6. The summed E-state index contributed by atoms with van der Waals surface area (Å²) < 4.78 is 13.6. The van der Waals surface area contributed by atoms with Crippen LogP contribution in [0.15, 0.2) is 30.3 Å². The van der Waals surface area contributed by atoms with E-state index in [0.29, 0.717) is 23.6 Å². The summed E-state index contributed by atoms with van der Waals surface area (Å²) in [4.78, 5) is 24.3. The van der Waals surface area contributed by atoms with Gasteiger partial charge in [-0.2, -0.15) is 4.39 Å². The van der Waals surface area contributed by atoms with Gasteiger partial charge < -0.3 is 4.90 Å². The Morgan fingerprint density at radius 3 is 2.78 bits per heavy atom. The highest BCUT2D eigenvalue weighted by molar-refractivity contribution is 6.30. The summed E-state index contributed by atoms with van der Waals surface area (Å²) in [5.41, 5.74) is 1.46. The zero-order chi connectivity index (χ0) is 16.7. The van der Waals surface area contributed by atoms with Crippen LogP contribution in [-0.2, 0) is 6.42 Å². The second-order valence-electron chi connectivity index (χ2n) is 5.36. The summed E-state index contributed by atoms with van der Waals surface area (Å²) in [6.45, 7) is 2.01. The largest absolute Gasteiger partial charge is 0.308 e. The molecule has 0 spiro atoms. The molecule has 0 saturated carbocycles. The van der Waals surface area contributed by atoms with Gasteiger partial charge in [-0.05, 0) is 48.7 Å². The predicted molar refractivity (Wildman–Crippen MR) is 84.6 cm³/mol. The van der Waals surface area contributed by atoms with Crippen LogP contribution in [0.2, 0.25) is 5.02 Å². The van der Waals surface area contributed by atoms with Crippen LogP contribution >= 0.6 is 11.6 Å². The molecule has 1 amide bonds. The highest BCUT2D eigenvalue weighted by Gasteiger charge is 2.28. The molecule has 7 heteroatoms. The van der Waals surface area contributed by atoms with E-state index in [4.69, 9.17) is 11.6 Å². The van der Waals surface area contributed by atoms with Gasteiger partial charge in [0, 0.05) is 28.9 Å². The number of hydrogen-bond acceptors (Lipinski definition) is 3. The molecule has 1 aliphatic heterocycles. The monoisotopic (exact) mass is 334 g/mol. The van der Waals surface area contributed by atoms with Crippen LogP contribution in [0.4, 0.5) is 15.8 Å². The van der Waals surface area contributed by atoms with Gasteiger partial charge in [-0.25, -0.2) is 0 Å². The van der Waals surface area contributed by atoms with Crippen molar-refractivity contribution in [3.8, 4) is 0 Å². The first kappa shape index (κ1) is 15.4. The van der Waals surface area contributed by atoms with E-state index >= 15 is 0 Å². The van der Waals surface area contributed by atoms with E-state index in [0.717, 1.165) is 23.4 Å². The molecule has 0 aliphatic carbocycles. The lowest BCUT2D eigenvalue weighted by Crippen LogP contribution is -2.29. The third kappa shape index (κ3) is 2.66. The van der Waals surface area contributed by atoms with E-state index in [-0.39, 0.29) is 11.5 Å². The number of fused-ring (bicyclic) bond motifs is 1. The van der Waals surface area contributed by atoms with Crippen LogP contribution < -0.4 is 4.90 Å². The van der Waals surface area contributed by atoms with Gasteiger partial charge in [-0.3, -0.25) is 14.9 Å². The number of benzene rings is 2. The van der Waals surface area contributed by atoms with Crippen LogP contribution in [0, 0.1) is 22.9 Å². The first-order valence-corrected chi connectivity index (χ1v) is 7.31. The summed E-state index contributed by atoms with van der Waals surface area (Å²) in [5.74, 6) is -1.33. The quantitative estimate of drug-likeness (QED) is 0.618. The van der Waals surface area contributed by atoms with Crippen molar-refractivity contribution in [1.29, 1.82) is 0 Å². The molecule has 0 saturated heterocycles. The minimum atomic E-state index is -0.947. The molecule has 3 rings (SSSR count). The smallest absolute Gasteiger partial charge is 0.305 e. The first-order valence-electron chi connectivity index (χ1n) is 6.93. The van der Waals surface area contributed by atoms with E-state index in [9.17, 15) is 19.3 Å². The summed E-state index contributed by atoms with van der Waals surface area (Å²) in [5, 5.41) is 11.5. The summed E-state index contributed by atoms with van der Waals surface area (Å²) in [6, 6.07) is 7.25. The fraction of sp³-hybridized carbons (Fsp3) is 0.188. The van der Waals surface area contributed by atoms with Crippen molar-refractivity contribution in [2.24, 2.45) is 0 Å². The Kier molecular flexibility index (Phi) is 3.77. The van der Waals surface area contributed by atoms with Gasteiger partial charge in [0.1, 0.15) is 0 Å². The molecule has 0 unspecified atom stereocenters. The average Bonchev–Trinajstić information content (AvgIpc) is 2.89. The molecule has 1 heterocycles. The van der Waals surface area contributed by atoms with Gasteiger partial charge in [-0.15, -0.1) is 0 Å². The molecule has 118 valence electrons. The lowest BCUT2D eigenvalue weighted by Gasteiger charge is -2.18. The number of hydrogen-bond donors (Lipinski definition) is 0. The van der Waals surface area contributed by atoms with Crippen molar-refractivity contribution in [1.82, 2.24) is 0 Å². The minimum absolute atomic E-state index is 0.126. The Morgan fingerprint density at radius 2 is 2.09 bits per heavy atom. The first-order chi connectivity index (χ1) is 10.9. The zero-order valence-corrected chi connectivity index (χ0v) is 12.9. The van der Waals surface area contributed by atoms with Crippen LogP contribution in [0.3, 0.4) is 0 Å². The zero-order valence-electron chi connectivity index (χ0n) is 12.2. The topological polar surface area (TPSA) is 63.5 Å². The van der Waals surface area contributed by atoms with Crippen molar-refractivity contribution in [3.63, 3.8) is 0 Å². The Labute approximate surface area is 136 Å². The number of carbonyl (C=O) groups is 1. The molecule has 5 nitrogen and oxygen atoms in total. The number of rotatable bonds is 2. The van der Waals surface area contributed by atoms with Crippen molar-refractivity contribution in [2.75, 3.05) is 11.4 Å². The van der Waals surface area contributed by atoms with Crippen LogP contribution in [-0.4, -0.2) is 17.4 Å². The molecule has 0 bridgehead atoms. The maximum absolute atomic E-state index is 13.6. The number of aryl methyl sites for hydroxylation is 1. The molecule has 0 atom stereocenters. The van der Waals surface area contributed by atoms with E-state index in [1.54, 1.807) is 25.1 Å². The lowest BCUT2D eigenvalue weighted by molar-refractivity contribution is -0.387. The maximum Gasteiger partial charge on any atom is 0.305 e. The summed E-state index contributed by atoms with van der Waals surface area (Å²) >= 11 is 5.95. The SMILES string of the molecule is Cc1cc(F)c([N+](=O)[O-])cc1C(=O)N1CCc2cc(Cl)ccc21. The van der Waals surface area contributed by atoms with E-state index < -0.39 is 16.4 Å². The van der Waals surface area contributed by atoms with Gasteiger partial charge >= 0.3 is 5.69 Å². The molecule has 1 aliphatic rings. The lowest BCUT2D eigenvalue weighted by atomic mass is 10.1. The molecule has 0 fully saturated rings. The summed E-state index contributed by atoms with van der Waals surface area (Å²) in [7, 11) is 0. The minimum Gasteiger partial charge on any atom is -0.308 e. The summed E-state index contributed by atoms with van der Waals surface area (Å²) in [6.07, 6.45) is 0.657. The molecular formula is C16H12ClFN2O3. The number of carbonyl (C=O) groups excluding carboxylic acids is 1. The fourth-order valence-corrected chi connectivity index (χ4v) is 2.95. The molecule has 2 aromatic carbocycles. The van der Waals surface area contributed by atoms with Crippen molar-refractivity contribution < 1.29 is 14.1 Å². The van der Waals surface area contributed by atoms with Crippen molar-refractivity contribution >= 4 is 28.9 Å². The number of anilines is 1. The van der Waals surface area contributed by atoms with Crippen molar-refractivity contribution in [2.45, 2.75) is 13.3 Å². The number of amides is 1. The Morgan fingerprint density at radius 1 is 1.35 bits per heavy atom. The number of halogens is 2. The Bertz CT molecular complexity index is 838. The number of nitro groups is 1. The van der Waals surface area contributed by atoms with E-state index in [1.807, 2.05) is 0 Å². The molecule has 23 heavy (non-hydrogen) atoms. The second-order valence-corrected chi connectivity index (χ2v) is 5.79. The van der Waals surface area contributed by atoms with Crippen LogP contribution in [0.5, 0.6) is 0 Å². The second kappa shape index (κ2) is 5.62. The standard InChI is InChI=1S/C16H12ClFN2O3/c1-9-6-13(18)15(20(22)23)8-12(9)16(21)19-5-4-10-7-11(17)2-3-14(10)19/h2-3,6-8H,4-5H2,1H3. The molecule has 0 N–H and O–H groups in total. The van der Waals surface area contributed by atoms with E-state index in [2.05, 4.69) is 0 Å². The van der Waals surface area contributed by atoms with Gasteiger partial charge in [0.05, 0.1) is 4.92 Å². The average molecular weight is 335 g/mol. The Balaban J connectivity index is 2.03. The molecular weight excluding hydrogens is 323 g/mol. The third-order valence-electron chi connectivity index (χ3n) is 3.90. The predicted octanol–water partition coefficient (Wildman–Crippen LogP) is 3.90. The normalized spacial score (nSPS) is 13.1. The van der Waals surface area contributed by atoms with Gasteiger partial charge in [0.2, 0.25) is 5.82 Å². The molecule has 2 aromatic rings. The number of nitrogens with zero attached hydrogens (tertiary/aromatic N) is 2. The van der Waals surface area contributed by atoms with Crippen LogP contribution in [0.25, 0.3) is 0 Å². The highest BCUT2D eigenvalue weighted by Crippen LogP contribution is 2.32. The van der Waals surface area contributed by atoms with Gasteiger partial charge in [0.25, 0.3) is 5.91 Å². The van der Waals surface area contributed by atoms with Gasteiger partial charge in [-0.1, -0.05) is 11.6 Å². The fourth-order valence-electron chi connectivity index (χ4n) is 2.76. The molecule has 0 radical (unpaired) electrons. The van der Waals surface area contributed by atoms with Crippen LogP contribution in [0.1, 0.15) is 21.5 Å². The van der Waals surface area contributed by atoms with Crippen molar-refractivity contribution in [3.05, 3.63) is 68.0 Å². The third-order valence-corrected chi connectivity index (χ3v) is 4.14. The molecule has 0 aromatic heterocycles. The van der Waals surface area contributed by atoms with E-state index in [1.165, 1.54) is 4.90 Å². The van der Waals surface area contributed by atoms with Gasteiger partial charge in [0.15, 0.2) is 0 Å². The number of nitro benzene ring substituents is 1.